The van der Waals surface area contributed by atoms with E-state index in [4.69, 9.17) is 11.6 Å². The monoisotopic (exact) mass is 417 g/mol. The molecule has 5 nitrogen and oxygen atoms in total. The van der Waals surface area contributed by atoms with Crippen molar-refractivity contribution < 1.29 is 9.59 Å². The topological polar surface area (TPSA) is 62.3 Å². The van der Waals surface area contributed by atoms with Crippen molar-refractivity contribution in [1.29, 1.82) is 0 Å². The second-order valence-corrected chi connectivity index (χ2v) is 8.78. The smallest absolute Gasteiger partial charge is 0.234 e. The maximum atomic E-state index is 12.4. The molecule has 1 aliphatic heterocycles. The molecule has 4 rings (SSSR count). The Hall–Kier alpha value is -2.09. The van der Waals surface area contributed by atoms with Crippen molar-refractivity contribution in [2.75, 3.05) is 22.5 Å². The summed E-state index contributed by atoms with van der Waals surface area (Å²) in [5.41, 5.74) is 2.26. The summed E-state index contributed by atoms with van der Waals surface area (Å²) < 4.78 is 1.87. The van der Waals surface area contributed by atoms with E-state index in [0.717, 1.165) is 26.7 Å². The fourth-order valence-corrected chi connectivity index (χ4v) is 4.99. The summed E-state index contributed by atoms with van der Waals surface area (Å²) in [5, 5.41) is 3.57. The van der Waals surface area contributed by atoms with Gasteiger partial charge < -0.3 is 10.2 Å². The minimum Gasteiger partial charge on any atom is -0.324 e. The zero-order valence-corrected chi connectivity index (χ0v) is 16.7. The lowest BCUT2D eigenvalue weighted by molar-refractivity contribution is -0.117. The Kier molecular flexibility index (Phi) is 5.33. The molecule has 1 aliphatic rings. The van der Waals surface area contributed by atoms with Gasteiger partial charge in [-0.1, -0.05) is 35.5 Å². The largest absolute Gasteiger partial charge is 0.324 e. The van der Waals surface area contributed by atoms with Crippen LogP contribution in [0.4, 0.5) is 11.4 Å². The third kappa shape index (κ3) is 4.10. The minimum absolute atomic E-state index is 0.0965. The number of amides is 2. The predicted octanol–water partition coefficient (Wildman–Crippen LogP) is 4.81. The number of nitrogens with one attached hydrogen (secondary N) is 1. The van der Waals surface area contributed by atoms with Crippen LogP contribution in [-0.2, 0) is 9.59 Å². The molecule has 0 spiro atoms. The molecule has 0 radical (unpaired) electrons. The van der Waals surface area contributed by atoms with Crippen LogP contribution in [0.25, 0.3) is 10.2 Å². The van der Waals surface area contributed by atoms with Crippen LogP contribution in [0.1, 0.15) is 12.8 Å². The van der Waals surface area contributed by atoms with E-state index in [0.29, 0.717) is 23.7 Å². The number of halogens is 1. The van der Waals surface area contributed by atoms with Crippen molar-refractivity contribution in [2.45, 2.75) is 17.2 Å². The van der Waals surface area contributed by atoms with Gasteiger partial charge in [-0.05, 0) is 36.8 Å². The standard InChI is InChI=1S/C19H16ClN3O2S2/c20-12-7-8-16-14(10-12)22-19(27-16)26-11-17(24)21-13-4-1-2-5-15(13)23-9-3-6-18(23)25/h1-2,4-5,7-8,10H,3,6,9,11H2,(H,21,24). The molecule has 2 aromatic carbocycles. The van der Waals surface area contributed by atoms with E-state index in [9.17, 15) is 9.59 Å². The molecule has 2 heterocycles. The first-order chi connectivity index (χ1) is 13.1. The third-order valence-electron chi connectivity index (χ3n) is 4.20. The van der Waals surface area contributed by atoms with E-state index in [-0.39, 0.29) is 17.6 Å². The van der Waals surface area contributed by atoms with Crippen molar-refractivity contribution in [3.8, 4) is 0 Å². The molecule has 1 N–H and O–H groups in total. The maximum Gasteiger partial charge on any atom is 0.234 e. The van der Waals surface area contributed by atoms with Crippen molar-refractivity contribution in [3.63, 3.8) is 0 Å². The maximum absolute atomic E-state index is 12.4. The van der Waals surface area contributed by atoms with E-state index in [1.165, 1.54) is 23.1 Å². The number of carbonyl (C=O) groups excluding carboxylic acids is 2. The number of benzene rings is 2. The number of hydrogen-bond acceptors (Lipinski definition) is 5. The quantitative estimate of drug-likeness (QED) is 0.605. The summed E-state index contributed by atoms with van der Waals surface area (Å²) in [7, 11) is 0. The number of aromatic nitrogens is 1. The molecule has 8 heteroatoms. The predicted molar refractivity (Wildman–Crippen MR) is 112 cm³/mol. The van der Waals surface area contributed by atoms with Gasteiger partial charge in [0.15, 0.2) is 4.34 Å². The van der Waals surface area contributed by atoms with E-state index in [1.807, 2.05) is 42.5 Å². The Balaban J connectivity index is 1.43. The summed E-state index contributed by atoms with van der Waals surface area (Å²) in [6, 6.07) is 13.0. The Morgan fingerprint density at radius 1 is 1.30 bits per heavy atom. The average molecular weight is 418 g/mol. The summed E-state index contributed by atoms with van der Waals surface area (Å²) in [5.74, 6) is 0.214. The molecule has 0 unspecified atom stereocenters. The van der Waals surface area contributed by atoms with Crippen molar-refractivity contribution in [1.82, 2.24) is 4.98 Å². The fourth-order valence-electron chi connectivity index (χ4n) is 2.97. The van der Waals surface area contributed by atoms with Gasteiger partial charge in [-0.25, -0.2) is 4.98 Å². The Morgan fingerprint density at radius 3 is 2.96 bits per heavy atom. The number of nitrogens with zero attached hydrogens (tertiary/aromatic N) is 2. The Morgan fingerprint density at radius 2 is 2.15 bits per heavy atom. The molecule has 0 bridgehead atoms. The first kappa shape index (κ1) is 18.3. The number of thioether (sulfide) groups is 1. The summed E-state index contributed by atoms with van der Waals surface area (Å²) in [6.45, 7) is 0.689. The molecule has 0 atom stereocenters. The molecule has 2 amide bonds. The summed E-state index contributed by atoms with van der Waals surface area (Å²) >= 11 is 8.92. The number of carbonyl (C=O) groups is 2. The van der Waals surface area contributed by atoms with Gasteiger partial charge in [0, 0.05) is 18.0 Å². The van der Waals surface area contributed by atoms with Crippen LogP contribution < -0.4 is 10.2 Å². The second-order valence-electron chi connectivity index (χ2n) is 6.09. The van der Waals surface area contributed by atoms with Crippen molar-refractivity contribution in [2.24, 2.45) is 0 Å². The molecule has 1 fully saturated rings. The summed E-state index contributed by atoms with van der Waals surface area (Å²) in [4.78, 5) is 30.7. The molecule has 0 saturated carbocycles. The van der Waals surface area contributed by atoms with Gasteiger partial charge in [0.25, 0.3) is 0 Å². The van der Waals surface area contributed by atoms with E-state index in [1.54, 1.807) is 4.90 Å². The first-order valence-electron chi connectivity index (χ1n) is 8.48. The molecule has 1 aromatic heterocycles. The van der Waals surface area contributed by atoms with E-state index < -0.39 is 0 Å². The Labute approximate surface area is 169 Å². The molecule has 0 aliphatic carbocycles. The fraction of sp³-hybridized carbons (Fsp3) is 0.211. The van der Waals surface area contributed by atoms with Crippen LogP contribution in [-0.4, -0.2) is 29.1 Å². The van der Waals surface area contributed by atoms with Gasteiger partial charge in [-0.2, -0.15) is 0 Å². The number of anilines is 2. The molecule has 1 saturated heterocycles. The zero-order valence-electron chi connectivity index (χ0n) is 14.3. The van der Waals surface area contributed by atoms with Gasteiger partial charge >= 0.3 is 0 Å². The number of para-hydroxylation sites is 2. The van der Waals surface area contributed by atoms with Gasteiger partial charge in [0.1, 0.15) is 0 Å². The Bertz CT molecular complexity index is 1020. The van der Waals surface area contributed by atoms with Gasteiger partial charge in [-0.15, -0.1) is 11.3 Å². The van der Waals surface area contributed by atoms with Gasteiger partial charge in [-0.3, -0.25) is 9.59 Å². The van der Waals surface area contributed by atoms with Crippen molar-refractivity contribution >= 4 is 68.1 Å². The van der Waals surface area contributed by atoms with Crippen LogP contribution in [0.5, 0.6) is 0 Å². The van der Waals surface area contributed by atoms with E-state index >= 15 is 0 Å². The van der Waals surface area contributed by atoms with Gasteiger partial charge in [0.2, 0.25) is 11.8 Å². The molecule has 27 heavy (non-hydrogen) atoms. The van der Waals surface area contributed by atoms with Gasteiger partial charge in [0.05, 0.1) is 27.3 Å². The van der Waals surface area contributed by atoms with Crippen LogP contribution in [0, 0.1) is 0 Å². The molecular weight excluding hydrogens is 402 g/mol. The lowest BCUT2D eigenvalue weighted by atomic mass is 10.2. The van der Waals surface area contributed by atoms with Crippen LogP contribution in [0.2, 0.25) is 5.02 Å². The number of rotatable bonds is 5. The van der Waals surface area contributed by atoms with Crippen molar-refractivity contribution in [3.05, 3.63) is 47.5 Å². The van der Waals surface area contributed by atoms with Crippen LogP contribution >= 0.6 is 34.7 Å². The highest BCUT2D eigenvalue weighted by molar-refractivity contribution is 8.01. The lowest BCUT2D eigenvalue weighted by Crippen LogP contribution is -2.25. The second kappa shape index (κ2) is 7.88. The minimum atomic E-state index is -0.128. The zero-order chi connectivity index (χ0) is 18.8. The number of hydrogen-bond donors (Lipinski definition) is 1. The van der Waals surface area contributed by atoms with Crippen LogP contribution in [0.15, 0.2) is 46.8 Å². The van der Waals surface area contributed by atoms with E-state index in [2.05, 4.69) is 10.3 Å². The first-order valence-corrected chi connectivity index (χ1v) is 10.7. The number of fused-ring (bicyclic) bond motifs is 1. The molecule has 3 aromatic rings. The SMILES string of the molecule is O=C(CSc1nc2cc(Cl)ccc2s1)Nc1ccccc1N1CCCC1=O. The molecular formula is C19H16ClN3O2S2. The highest BCUT2D eigenvalue weighted by Crippen LogP contribution is 2.32. The average Bonchev–Trinajstić information content (AvgIpc) is 3.26. The highest BCUT2D eigenvalue weighted by atomic mass is 35.5. The highest BCUT2D eigenvalue weighted by Gasteiger charge is 2.24. The summed E-state index contributed by atoms with van der Waals surface area (Å²) in [6.07, 6.45) is 1.40. The number of thiazole rings is 1. The normalized spacial score (nSPS) is 14.1. The lowest BCUT2D eigenvalue weighted by Gasteiger charge is -2.19. The van der Waals surface area contributed by atoms with Crippen LogP contribution in [0.3, 0.4) is 0 Å². The third-order valence-corrected chi connectivity index (χ3v) is 6.61. The molecule has 138 valence electrons.